The van der Waals surface area contributed by atoms with Gasteiger partial charge in [0, 0.05) is 101 Å². The number of carbonyl (C=O) groups is 9. The molecule has 9 amide bonds. The smallest absolute Gasteiger partial charge is 0.255 e. The maximum absolute atomic E-state index is 12.6. The Kier molecular flexibility index (Phi) is 21.4. The van der Waals surface area contributed by atoms with Crippen LogP contribution in [0.1, 0.15) is 130 Å². The number of aliphatic hydroxyl groups is 2. The van der Waals surface area contributed by atoms with Crippen LogP contribution in [0.15, 0.2) is 59.1 Å². The summed E-state index contributed by atoms with van der Waals surface area (Å²) in [6.45, 7) is 3.25. The SMILES string of the molecule is C#CCCO.CCCC#Cc1cccc2c1CN(C1CCC(=O)NC1=O)C2=O.CS(=O)(=O)Cl.O=C1CCC(N2Cc3c(Br)cccc3C2=O)C(=O)N1.O=C1CCC(N2Cc3c(C#CCCO)cccc3C2=O)C(=O)N1. The fourth-order valence-corrected chi connectivity index (χ4v) is 9.01. The van der Waals surface area contributed by atoms with E-state index in [9.17, 15) is 51.6 Å². The van der Waals surface area contributed by atoms with Gasteiger partial charge in [-0.25, -0.2) is 8.42 Å². The predicted molar refractivity (Wildman–Crippen MR) is 277 cm³/mol. The summed E-state index contributed by atoms with van der Waals surface area (Å²) in [6.07, 6.45) is 10.2. The highest BCUT2D eigenvalue weighted by atomic mass is 79.9. The molecule has 0 aromatic heterocycles. The maximum atomic E-state index is 12.6. The van der Waals surface area contributed by atoms with Gasteiger partial charge in [0.05, 0.1) is 19.5 Å². The van der Waals surface area contributed by atoms with Crippen molar-refractivity contribution in [3.63, 3.8) is 0 Å². The molecule has 0 aliphatic carbocycles. The molecule has 3 aromatic carbocycles. The molecule has 0 spiro atoms. The van der Waals surface area contributed by atoms with Crippen LogP contribution in [0.4, 0.5) is 0 Å². The van der Waals surface area contributed by atoms with Crippen molar-refractivity contribution in [2.45, 2.75) is 109 Å². The van der Waals surface area contributed by atoms with Crippen LogP contribution < -0.4 is 16.0 Å². The van der Waals surface area contributed by atoms with E-state index < -0.39 is 33.1 Å². The highest BCUT2D eigenvalue weighted by Crippen LogP contribution is 2.33. The van der Waals surface area contributed by atoms with Crippen molar-refractivity contribution in [1.82, 2.24) is 30.7 Å². The van der Waals surface area contributed by atoms with E-state index in [0.717, 1.165) is 51.4 Å². The fourth-order valence-electron chi connectivity index (χ4n) is 8.51. The minimum atomic E-state index is -3.19. The molecule has 6 heterocycles. The van der Waals surface area contributed by atoms with Gasteiger partial charge in [-0.3, -0.25) is 59.1 Å². The van der Waals surface area contributed by atoms with Crippen molar-refractivity contribution in [2.24, 2.45) is 0 Å². The van der Waals surface area contributed by atoms with Gasteiger partial charge in [0.1, 0.15) is 18.1 Å². The van der Waals surface area contributed by atoms with E-state index in [1.54, 1.807) is 35.2 Å². The van der Waals surface area contributed by atoms with E-state index in [1.165, 1.54) is 9.80 Å². The first kappa shape index (κ1) is 58.7. The molecule has 6 aliphatic rings. The third-order valence-electron chi connectivity index (χ3n) is 12.0. The number of terminal acetylenes is 1. The number of aliphatic hydroxyl groups excluding tert-OH is 2. The third-order valence-corrected chi connectivity index (χ3v) is 12.7. The predicted octanol–water partition coefficient (Wildman–Crippen LogP) is 3.18. The first-order valence-electron chi connectivity index (χ1n) is 23.7. The molecular formula is C53H54BrClN6O13S. The van der Waals surface area contributed by atoms with Crippen LogP contribution >= 0.6 is 26.6 Å². The van der Waals surface area contributed by atoms with Crippen LogP contribution in [0, 0.1) is 36.0 Å². The Morgan fingerprint density at radius 1 is 0.600 bits per heavy atom. The Morgan fingerprint density at radius 3 is 1.27 bits per heavy atom. The molecule has 3 saturated heterocycles. The van der Waals surface area contributed by atoms with E-state index in [0.29, 0.717) is 68.4 Å². The molecule has 19 nitrogen and oxygen atoms in total. The molecule has 3 fully saturated rings. The number of rotatable bonds is 6. The number of nitrogens with one attached hydrogen (secondary N) is 3. The van der Waals surface area contributed by atoms with E-state index in [1.807, 2.05) is 24.3 Å². The second-order valence-corrected chi connectivity index (χ2v) is 21.2. The van der Waals surface area contributed by atoms with Crippen LogP contribution in [0.5, 0.6) is 0 Å². The molecule has 22 heteroatoms. The first-order valence-corrected chi connectivity index (χ1v) is 27.2. The van der Waals surface area contributed by atoms with Gasteiger partial charge in [0.25, 0.3) is 17.7 Å². The van der Waals surface area contributed by atoms with Gasteiger partial charge in [0.2, 0.25) is 44.5 Å². The number of carbonyl (C=O) groups excluding carboxylic acids is 9. The van der Waals surface area contributed by atoms with Crippen molar-refractivity contribution in [3.05, 3.63) is 104 Å². The van der Waals surface area contributed by atoms with Gasteiger partial charge in [0.15, 0.2) is 0 Å². The van der Waals surface area contributed by atoms with Crippen LogP contribution in [-0.2, 0) is 57.5 Å². The van der Waals surface area contributed by atoms with Gasteiger partial charge in [-0.05, 0) is 78.8 Å². The van der Waals surface area contributed by atoms with Crippen LogP contribution in [0.3, 0.4) is 0 Å². The molecule has 3 unspecified atom stereocenters. The second kappa shape index (κ2) is 27.4. The summed E-state index contributed by atoms with van der Waals surface area (Å²) in [7, 11) is 1.31. The zero-order valence-electron chi connectivity index (χ0n) is 41.0. The molecule has 0 saturated carbocycles. The Bertz CT molecular complexity index is 2930. The fraction of sp³-hybridized carbons (Fsp3) is 0.377. The summed E-state index contributed by atoms with van der Waals surface area (Å²) in [6, 6.07) is 14.5. The van der Waals surface area contributed by atoms with Gasteiger partial charge < -0.3 is 24.9 Å². The quantitative estimate of drug-likeness (QED) is 0.135. The minimum absolute atomic E-state index is 0.0106. The lowest BCUT2D eigenvalue weighted by molar-refractivity contribution is -0.138. The molecule has 6 aliphatic heterocycles. The summed E-state index contributed by atoms with van der Waals surface area (Å²) < 4.78 is 19.7. The number of fused-ring (bicyclic) bond motifs is 3. The summed E-state index contributed by atoms with van der Waals surface area (Å²) in [5, 5.41) is 23.6. The number of unbranched alkanes of at least 4 members (excludes halogenated alkanes) is 1. The first-order chi connectivity index (χ1) is 35.7. The van der Waals surface area contributed by atoms with Gasteiger partial charge in [-0.2, -0.15) is 0 Å². The minimum Gasteiger partial charge on any atom is -0.395 e. The van der Waals surface area contributed by atoms with E-state index in [2.05, 4.69) is 79.1 Å². The lowest BCUT2D eigenvalue weighted by Crippen LogP contribution is -2.52. The van der Waals surface area contributed by atoms with Crippen molar-refractivity contribution in [2.75, 3.05) is 19.5 Å². The summed E-state index contributed by atoms with van der Waals surface area (Å²) >= 11 is 3.42. The largest absolute Gasteiger partial charge is 0.395 e. The molecule has 3 aromatic rings. The Morgan fingerprint density at radius 2 is 0.947 bits per heavy atom. The topological polar surface area (TPSA) is 274 Å². The second-order valence-electron chi connectivity index (χ2n) is 17.3. The van der Waals surface area contributed by atoms with E-state index in [4.69, 9.17) is 16.6 Å². The Labute approximate surface area is 447 Å². The molecule has 75 heavy (non-hydrogen) atoms. The van der Waals surface area contributed by atoms with Gasteiger partial charge in [-0.15, -0.1) is 12.3 Å². The Balaban J connectivity index is 0.000000191. The highest BCUT2D eigenvalue weighted by molar-refractivity contribution is 9.10. The van der Waals surface area contributed by atoms with Crippen molar-refractivity contribution < 1.29 is 61.8 Å². The summed E-state index contributed by atoms with van der Waals surface area (Å²) in [5.74, 6) is 11.8. The average Bonchev–Trinajstić information content (AvgIpc) is 4.00. The number of nitrogens with zero attached hydrogens (tertiary/aromatic N) is 3. The van der Waals surface area contributed by atoms with Crippen molar-refractivity contribution in [1.29, 1.82) is 0 Å². The molecule has 3 atom stereocenters. The molecule has 5 N–H and O–H groups in total. The molecule has 9 rings (SSSR count). The van der Waals surface area contributed by atoms with Crippen LogP contribution in [-0.4, -0.2) is 124 Å². The number of imide groups is 3. The highest BCUT2D eigenvalue weighted by Gasteiger charge is 2.42. The van der Waals surface area contributed by atoms with E-state index in [-0.39, 0.29) is 79.7 Å². The van der Waals surface area contributed by atoms with Gasteiger partial charge >= 0.3 is 0 Å². The average molecular weight is 1130 g/mol. The van der Waals surface area contributed by atoms with Crippen LogP contribution in [0.2, 0.25) is 0 Å². The van der Waals surface area contributed by atoms with Crippen molar-refractivity contribution >= 4 is 88.8 Å². The number of piperidine rings is 3. The zero-order chi connectivity index (χ0) is 55.0. The number of amides is 9. The lowest BCUT2D eigenvalue weighted by atomic mass is 10.0. The molecule has 0 bridgehead atoms. The Hall–Kier alpha value is -7.19. The molecular weight excluding hydrogens is 1080 g/mol. The third kappa shape index (κ3) is 15.7. The number of hydrogen-bond donors (Lipinski definition) is 5. The lowest BCUT2D eigenvalue weighted by Gasteiger charge is -2.29. The van der Waals surface area contributed by atoms with E-state index >= 15 is 0 Å². The maximum Gasteiger partial charge on any atom is 0.255 e. The standard InChI is InChI=1S/C18H18N2O3.C17H16N2O4.C13H11BrN2O3.C4H6O.CH3ClO2S/c1-2-3-4-6-12-7-5-8-13-14(12)11-20(18(13)23)15-9-10-16(21)19-17(15)22;20-9-2-1-4-11-5-3-6-12-13(11)10-19(17(12)23)14-7-8-15(21)18-16(14)22;14-9-3-1-2-7-8(9)6-16(13(7)19)10-4-5-11(17)15-12(10)18;1-2-3-4-5;1-5(2,3)4/h5,7-8,15H,2-3,9-11H2,1H3,(H,19,21,22);3,5-6,14,20H,2,7-10H2,(H,18,21,22);1-3,10H,4-6H2,(H,15,17,18);1,5H,3-4H2;1H3. The number of hydrogen-bond acceptors (Lipinski definition) is 13. The zero-order valence-corrected chi connectivity index (χ0v) is 44.2. The number of halogens is 2. The molecule has 394 valence electrons. The summed E-state index contributed by atoms with van der Waals surface area (Å²) in [5.41, 5.74) is 5.94. The molecule has 0 radical (unpaired) electrons. The van der Waals surface area contributed by atoms with Gasteiger partial charge in [-0.1, -0.05) is 64.7 Å². The van der Waals surface area contributed by atoms with Crippen molar-refractivity contribution in [3.8, 4) is 36.0 Å². The summed E-state index contributed by atoms with van der Waals surface area (Å²) in [4.78, 5) is 112. The number of benzene rings is 3. The monoisotopic (exact) mass is 1130 g/mol. The normalized spacial score (nSPS) is 19.1. The van der Waals surface area contributed by atoms with Crippen LogP contribution in [0.25, 0.3) is 0 Å².